The zero-order valence-electron chi connectivity index (χ0n) is 15.5. The monoisotopic (exact) mass is 374 g/mol. The van der Waals surface area contributed by atoms with Gasteiger partial charge < -0.3 is 15.2 Å². The van der Waals surface area contributed by atoms with Crippen molar-refractivity contribution < 1.29 is 19.0 Å². The summed E-state index contributed by atoms with van der Waals surface area (Å²) in [5.74, 6) is 0.546. The van der Waals surface area contributed by atoms with E-state index in [1.807, 2.05) is 20.8 Å². The highest BCUT2D eigenvalue weighted by Crippen LogP contribution is 2.27. The summed E-state index contributed by atoms with van der Waals surface area (Å²) in [4.78, 5) is 22.3. The molecule has 1 amide bonds. The number of nitrogens with one attached hydrogen (secondary N) is 1. The van der Waals surface area contributed by atoms with Gasteiger partial charge in [-0.2, -0.15) is 4.98 Å². The van der Waals surface area contributed by atoms with Crippen LogP contribution in [0.15, 0.2) is 30.5 Å². The summed E-state index contributed by atoms with van der Waals surface area (Å²) in [5.41, 5.74) is 0.941. The number of halogens is 1. The van der Waals surface area contributed by atoms with Gasteiger partial charge in [-0.1, -0.05) is 26.0 Å². The Bertz CT molecular complexity index is 830. The van der Waals surface area contributed by atoms with Crippen molar-refractivity contribution in [2.24, 2.45) is 5.92 Å². The molecule has 1 aromatic carbocycles. The van der Waals surface area contributed by atoms with E-state index in [1.54, 1.807) is 24.4 Å². The minimum atomic E-state index is -0.460. The summed E-state index contributed by atoms with van der Waals surface area (Å²) in [6.45, 7) is 5.88. The largest absolute Gasteiger partial charge is 0.447 e. The van der Waals surface area contributed by atoms with Crippen LogP contribution in [0, 0.1) is 11.7 Å². The normalized spacial score (nSPS) is 17.9. The average Bonchev–Trinajstić information content (AvgIpc) is 3.03. The zero-order chi connectivity index (χ0) is 19.6. The van der Waals surface area contributed by atoms with Crippen molar-refractivity contribution in [3.05, 3.63) is 47.4 Å². The van der Waals surface area contributed by atoms with Gasteiger partial charge in [0.15, 0.2) is 0 Å². The fourth-order valence-electron chi connectivity index (χ4n) is 2.98. The fourth-order valence-corrected chi connectivity index (χ4v) is 2.98. The van der Waals surface area contributed by atoms with E-state index in [4.69, 9.17) is 9.84 Å². The van der Waals surface area contributed by atoms with Crippen LogP contribution in [0.5, 0.6) is 0 Å². The second kappa shape index (κ2) is 7.87. The number of aliphatic hydroxyl groups is 1. The predicted molar refractivity (Wildman–Crippen MR) is 98.8 cm³/mol. The van der Waals surface area contributed by atoms with Crippen molar-refractivity contribution in [3.8, 4) is 0 Å². The zero-order valence-corrected chi connectivity index (χ0v) is 15.5. The summed E-state index contributed by atoms with van der Waals surface area (Å²) in [6, 6.07) is 5.97. The molecule has 1 aromatic heterocycles. The lowest BCUT2D eigenvalue weighted by Gasteiger charge is -2.23. The van der Waals surface area contributed by atoms with E-state index in [9.17, 15) is 9.18 Å². The maximum Gasteiger partial charge on any atom is 0.415 e. The molecule has 1 fully saturated rings. The van der Waals surface area contributed by atoms with Gasteiger partial charge in [0.25, 0.3) is 0 Å². The number of nitrogens with zero attached hydrogens (tertiary/aromatic N) is 3. The van der Waals surface area contributed by atoms with Crippen LogP contribution >= 0.6 is 0 Å². The highest BCUT2D eigenvalue weighted by atomic mass is 19.1. The van der Waals surface area contributed by atoms with Gasteiger partial charge in [-0.3, -0.25) is 4.90 Å². The summed E-state index contributed by atoms with van der Waals surface area (Å²) >= 11 is 0. The molecule has 0 spiro atoms. The summed E-state index contributed by atoms with van der Waals surface area (Å²) in [7, 11) is 0. The first-order valence-corrected chi connectivity index (χ1v) is 8.85. The Labute approximate surface area is 157 Å². The molecule has 0 radical (unpaired) electrons. The number of carbonyl (C=O) groups is 1. The number of hydrogen-bond acceptors (Lipinski definition) is 6. The van der Waals surface area contributed by atoms with Crippen molar-refractivity contribution in [1.82, 2.24) is 9.97 Å². The van der Waals surface area contributed by atoms with Gasteiger partial charge in [0.2, 0.25) is 5.95 Å². The number of aliphatic hydroxyl groups excluding tert-OH is 1. The Kier molecular flexibility index (Phi) is 5.55. The molecule has 3 rings (SSSR count). The molecule has 1 aliphatic heterocycles. The van der Waals surface area contributed by atoms with E-state index in [-0.39, 0.29) is 30.2 Å². The molecule has 2 N–H and O–H groups in total. The molecule has 2 heterocycles. The minimum Gasteiger partial charge on any atom is -0.447 e. The van der Waals surface area contributed by atoms with Gasteiger partial charge in [-0.05, 0) is 30.5 Å². The third-order valence-corrected chi connectivity index (χ3v) is 4.66. The standard InChI is InChI=1S/C19H23FN4O3/c1-11(2)16-10-27-19(26)24(16)17-6-7-21-18(23-17)22-12(3)13-4-5-14(9-25)15(20)8-13/h4-8,11-12,16,25H,9-10H2,1-3H3,(H,21,22,23). The first kappa shape index (κ1) is 19.0. The second-order valence-corrected chi connectivity index (χ2v) is 6.87. The maximum atomic E-state index is 13.9. The lowest BCUT2D eigenvalue weighted by Crippen LogP contribution is -2.37. The number of hydrogen-bond donors (Lipinski definition) is 2. The molecule has 2 aromatic rings. The third kappa shape index (κ3) is 4.00. The molecule has 1 aliphatic rings. The third-order valence-electron chi connectivity index (χ3n) is 4.66. The van der Waals surface area contributed by atoms with E-state index in [0.717, 1.165) is 0 Å². The van der Waals surface area contributed by atoms with Crippen molar-refractivity contribution >= 4 is 17.9 Å². The van der Waals surface area contributed by atoms with E-state index in [2.05, 4.69) is 15.3 Å². The first-order valence-electron chi connectivity index (χ1n) is 8.85. The molecule has 0 aliphatic carbocycles. The number of rotatable bonds is 6. The molecular formula is C19H23FN4O3. The Balaban J connectivity index is 1.79. The van der Waals surface area contributed by atoms with Gasteiger partial charge in [-0.15, -0.1) is 0 Å². The van der Waals surface area contributed by atoms with E-state index >= 15 is 0 Å². The number of ether oxygens (including phenoxy) is 1. The number of carbonyl (C=O) groups excluding carboxylic acids is 1. The highest BCUT2D eigenvalue weighted by Gasteiger charge is 2.37. The van der Waals surface area contributed by atoms with Crippen LogP contribution in [0.3, 0.4) is 0 Å². The Morgan fingerprint density at radius 1 is 1.37 bits per heavy atom. The van der Waals surface area contributed by atoms with Gasteiger partial charge in [0.1, 0.15) is 18.2 Å². The molecule has 2 unspecified atom stereocenters. The number of amides is 1. The molecule has 1 saturated heterocycles. The van der Waals surface area contributed by atoms with Crippen LogP contribution in [0.2, 0.25) is 0 Å². The summed E-state index contributed by atoms with van der Waals surface area (Å²) in [5, 5.41) is 12.2. The molecule has 144 valence electrons. The average molecular weight is 374 g/mol. The van der Waals surface area contributed by atoms with E-state index in [1.165, 1.54) is 11.0 Å². The van der Waals surface area contributed by atoms with E-state index < -0.39 is 11.9 Å². The van der Waals surface area contributed by atoms with Gasteiger partial charge in [0.05, 0.1) is 18.7 Å². The Hall–Kier alpha value is -2.74. The number of anilines is 2. The number of aromatic nitrogens is 2. The predicted octanol–water partition coefficient (Wildman–Crippen LogP) is 3.26. The van der Waals surface area contributed by atoms with Crippen LogP contribution in [-0.4, -0.2) is 33.8 Å². The number of cyclic esters (lactones) is 1. The minimum absolute atomic E-state index is 0.0854. The summed E-state index contributed by atoms with van der Waals surface area (Å²) < 4.78 is 19.1. The van der Waals surface area contributed by atoms with Crippen molar-refractivity contribution in [2.45, 2.75) is 39.5 Å². The fraction of sp³-hybridized carbons (Fsp3) is 0.421. The molecule has 27 heavy (non-hydrogen) atoms. The van der Waals surface area contributed by atoms with Crippen LogP contribution in [0.1, 0.15) is 37.9 Å². The molecule has 7 nitrogen and oxygen atoms in total. The smallest absolute Gasteiger partial charge is 0.415 e. The second-order valence-electron chi connectivity index (χ2n) is 6.87. The van der Waals surface area contributed by atoms with Crippen LogP contribution in [0.4, 0.5) is 21.0 Å². The van der Waals surface area contributed by atoms with Gasteiger partial charge in [0, 0.05) is 11.8 Å². The molecular weight excluding hydrogens is 351 g/mol. The first-order chi connectivity index (χ1) is 12.9. The summed E-state index contributed by atoms with van der Waals surface area (Å²) in [6.07, 6.45) is 1.14. The topological polar surface area (TPSA) is 87.6 Å². The number of benzene rings is 1. The SMILES string of the molecule is CC(Nc1nccc(N2C(=O)OCC2C(C)C)n1)c1ccc(CO)c(F)c1. The van der Waals surface area contributed by atoms with Gasteiger partial charge in [-0.25, -0.2) is 14.2 Å². The van der Waals surface area contributed by atoms with Crippen molar-refractivity contribution in [1.29, 1.82) is 0 Å². The van der Waals surface area contributed by atoms with Crippen molar-refractivity contribution in [2.75, 3.05) is 16.8 Å². The highest BCUT2D eigenvalue weighted by molar-refractivity contribution is 5.89. The lowest BCUT2D eigenvalue weighted by atomic mass is 10.0. The van der Waals surface area contributed by atoms with E-state index in [0.29, 0.717) is 23.9 Å². The van der Waals surface area contributed by atoms with Crippen LogP contribution < -0.4 is 10.2 Å². The van der Waals surface area contributed by atoms with Crippen LogP contribution in [-0.2, 0) is 11.3 Å². The molecule has 2 atom stereocenters. The maximum absolute atomic E-state index is 13.9. The molecule has 0 bridgehead atoms. The molecule has 8 heteroatoms. The quantitative estimate of drug-likeness (QED) is 0.807. The Morgan fingerprint density at radius 3 is 2.81 bits per heavy atom. The Morgan fingerprint density at radius 2 is 2.15 bits per heavy atom. The van der Waals surface area contributed by atoms with Crippen molar-refractivity contribution in [3.63, 3.8) is 0 Å². The lowest BCUT2D eigenvalue weighted by molar-refractivity contribution is 0.177. The molecule has 0 saturated carbocycles. The van der Waals surface area contributed by atoms with Gasteiger partial charge >= 0.3 is 6.09 Å². The van der Waals surface area contributed by atoms with Crippen LogP contribution in [0.25, 0.3) is 0 Å².